The second kappa shape index (κ2) is 4.54. The molecule has 3 nitrogen and oxygen atoms in total. The number of anilines is 1. The van der Waals surface area contributed by atoms with Crippen LogP contribution in [0, 0.1) is 6.92 Å². The third kappa shape index (κ3) is 2.22. The number of aryl methyl sites for hydroxylation is 1. The van der Waals surface area contributed by atoms with Gasteiger partial charge in [-0.2, -0.15) is 0 Å². The van der Waals surface area contributed by atoms with Crippen molar-refractivity contribution >= 4 is 44.3 Å². The van der Waals surface area contributed by atoms with Crippen molar-refractivity contribution in [2.45, 2.75) is 6.92 Å². The lowest BCUT2D eigenvalue weighted by molar-refractivity contribution is 1.33. The molecule has 96 valence electrons. The average Bonchev–Trinajstić information content (AvgIpc) is 2.72. The molecule has 2 aromatic carbocycles. The number of imidazole rings is 1. The van der Waals surface area contributed by atoms with Crippen LogP contribution in [0.1, 0.15) is 5.56 Å². The highest BCUT2D eigenvalue weighted by Crippen LogP contribution is 2.30. The molecule has 3 rings (SSSR count). The second-order valence-corrected chi connectivity index (χ2v) is 5.77. The lowest BCUT2D eigenvalue weighted by Gasteiger charge is -2.01. The summed E-state index contributed by atoms with van der Waals surface area (Å²) in [6, 6.07) is 9.46. The minimum atomic E-state index is 0.593. The zero-order chi connectivity index (χ0) is 13.6. The molecule has 0 unspecified atom stereocenters. The number of nitrogen functional groups attached to an aromatic ring is 1. The summed E-state index contributed by atoms with van der Waals surface area (Å²) in [5.74, 6) is 0.751. The molecule has 0 aliphatic heterocycles. The number of nitrogens with two attached hydrogens (primary N) is 1. The van der Waals surface area contributed by atoms with Gasteiger partial charge in [-0.3, -0.25) is 0 Å². The molecule has 0 saturated heterocycles. The predicted molar refractivity (Wildman–Crippen MR) is 83.4 cm³/mol. The highest BCUT2D eigenvalue weighted by molar-refractivity contribution is 9.10. The van der Waals surface area contributed by atoms with Crippen LogP contribution in [0.5, 0.6) is 0 Å². The number of rotatable bonds is 1. The number of halogens is 2. The van der Waals surface area contributed by atoms with Crippen molar-refractivity contribution in [2.24, 2.45) is 0 Å². The Morgan fingerprint density at radius 3 is 2.79 bits per heavy atom. The van der Waals surface area contributed by atoms with Gasteiger partial charge in [-0.05, 0) is 42.8 Å². The molecule has 0 atom stereocenters. The molecule has 1 aromatic heterocycles. The van der Waals surface area contributed by atoms with E-state index in [-0.39, 0.29) is 0 Å². The van der Waals surface area contributed by atoms with Crippen LogP contribution in [0.2, 0.25) is 5.02 Å². The summed E-state index contributed by atoms with van der Waals surface area (Å²) >= 11 is 9.70. The van der Waals surface area contributed by atoms with Gasteiger partial charge in [0.25, 0.3) is 0 Å². The van der Waals surface area contributed by atoms with E-state index in [0.717, 1.165) is 32.5 Å². The van der Waals surface area contributed by atoms with Crippen LogP contribution in [0.4, 0.5) is 5.69 Å². The zero-order valence-electron chi connectivity index (χ0n) is 10.2. The number of aromatic nitrogens is 2. The fourth-order valence-electron chi connectivity index (χ4n) is 2.10. The topological polar surface area (TPSA) is 54.7 Å². The van der Waals surface area contributed by atoms with Gasteiger partial charge in [-0.25, -0.2) is 4.98 Å². The van der Waals surface area contributed by atoms with Crippen molar-refractivity contribution in [1.82, 2.24) is 9.97 Å². The Labute approximate surface area is 123 Å². The predicted octanol–water partition coefficient (Wildman–Crippen LogP) is 4.54. The van der Waals surface area contributed by atoms with E-state index in [2.05, 4.69) is 25.9 Å². The Bertz CT molecular complexity index is 780. The number of H-pyrrole nitrogens is 1. The van der Waals surface area contributed by atoms with Crippen LogP contribution in [-0.2, 0) is 0 Å². The Morgan fingerprint density at radius 2 is 2.05 bits per heavy atom. The van der Waals surface area contributed by atoms with E-state index in [1.165, 1.54) is 0 Å². The monoisotopic (exact) mass is 335 g/mol. The molecule has 0 radical (unpaired) electrons. The van der Waals surface area contributed by atoms with Gasteiger partial charge in [-0.15, -0.1) is 0 Å². The summed E-state index contributed by atoms with van der Waals surface area (Å²) in [5, 5.41) is 0.593. The highest BCUT2D eigenvalue weighted by Gasteiger charge is 2.11. The van der Waals surface area contributed by atoms with Crippen molar-refractivity contribution < 1.29 is 0 Å². The Hall–Kier alpha value is -1.52. The highest BCUT2D eigenvalue weighted by atomic mass is 79.9. The van der Waals surface area contributed by atoms with Crippen LogP contribution >= 0.6 is 27.5 Å². The minimum absolute atomic E-state index is 0.593. The average molecular weight is 337 g/mol. The van der Waals surface area contributed by atoms with Crippen LogP contribution in [0.3, 0.4) is 0 Å². The van der Waals surface area contributed by atoms with Gasteiger partial charge in [0.05, 0.1) is 16.1 Å². The zero-order valence-corrected chi connectivity index (χ0v) is 12.5. The molecule has 3 aromatic rings. The molecule has 0 aliphatic rings. The lowest BCUT2D eigenvalue weighted by Crippen LogP contribution is -1.87. The van der Waals surface area contributed by atoms with Gasteiger partial charge < -0.3 is 10.7 Å². The first-order chi connectivity index (χ1) is 9.04. The maximum atomic E-state index is 6.21. The molecule has 3 N–H and O–H groups in total. The summed E-state index contributed by atoms with van der Waals surface area (Å²) in [6.07, 6.45) is 0. The number of fused-ring (bicyclic) bond motifs is 1. The van der Waals surface area contributed by atoms with Gasteiger partial charge >= 0.3 is 0 Å². The van der Waals surface area contributed by atoms with Gasteiger partial charge in [0, 0.05) is 15.7 Å². The number of hydrogen-bond acceptors (Lipinski definition) is 2. The largest absolute Gasteiger partial charge is 0.399 e. The fourth-order valence-corrected chi connectivity index (χ4v) is 2.95. The van der Waals surface area contributed by atoms with Crippen molar-refractivity contribution in [3.05, 3.63) is 45.4 Å². The number of nitrogens with one attached hydrogen (secondary N) is 1. The molecule has 1 heterocycles. The smallest absolute Gasteiger partial charge is 0.140 e. The van der Waals surface area contributed by atoms with Gasteiger partial charge in [0.2, 0.25) is 0 Å². The van der Waals surface area contributed by atoms with E-state index in [1.807, 2.05) is 31.2 Å². The molecule has 0 aliphatic carbocycles. The number of hydrogen-bond donors (Lipinski definition) is 2. The van der Waals surface area contributed by atoms with Crippen molar-refractivity contribution in [1.29, 1.82) is 0 Å². The summed E-state index contributed by atoms with van der Waals surface area (Å²) < 4.78 is 1.02. The molecule has 0 saturated carbocycles. The van der Waals surface area contributed by atoms with Crippen molar-refractivity contribution in [2.75, 3.05) is 5.73 Å². The van der Waals surface area contributed by atoms with Crippen LogP contribution in [0.15, 0.2) is 34.8 Å². The molecular formula is C14H11BrClN3. The third-order valence-electron chi connectivity index (χ3n) is 2.99. The number of benzene rings is 2. The summed E-state index contributed by atoms with van der Waals surface area (Å²) in [4.78, 5) is 7.90. The lowest BCUT2D eigenvalue weighted by atomic mass is 10.2. The van der Waals surface area contributed by atoms with Crippen LogP contribution < -0.4 is 5.73 Å². The Balaban J connectivity index is 2.23. The molecule has 5 heteroatoms. The van der Waals surface area contributed by atoms with Crippen molar-refractivity contribution in [3.8, 4) is 11.4 Å². The minimum Gasteiger partial charge on any atom is -0.399 e. The first-order valence-corrected chi connectivity index (χ1v) is 6.93. The molecule has 0 amide bonds. The van der Waals surface area contributed by atoms with E-state index >= 15 is 0 Å². The summed E-state index contributed by atoms with van der Waals surface area (Å²) in [5.41, 5.74) is 10.2. The van der Waals surface area contributed by atoms with Crippen molar-refractivity contribution in [3.63, 3.8) is 0 Å². The third-order valence-corrected chi connectivity index (χ3v) is 3.76. The number of aromatic amines is 1. The van der Waals surface area contributed by atoms with Gasteiger partial charge in [0.15, 0.2) is 0 Å². The van der Waals surface area contributed by atoms with Crippen LogP contribution in [-0.4, -0.2) is 9.97 Å². The first kappa shape index (κ1) is 12.5. The summed E-state index contributed by atoms with van der Waals surface area (Å²) in [6.45, 7) is 2.03. The molecule has 0 spiro atoms. The normalized spacial score (nSPS) is 11.1. The quantitative estimate of drug-likeness (QED) is 0.641. The standard InChI is InChI=1S/C14H11BrClN3/c1-7-4-8(15)5-12-13(7)19-14(18-12)10-3-2-9(17)6-11(10)16/h2-6H,17H2,1H3,(H,18,19). The van der Waals surface area contributed by atoms with Gasteiger partial charge in [0.1, 0.15) is 5.82 Å². The molecule has 0 fully saturated rings. The molecular weight excluding hydrogens is 326 g/mol. The van der Waals surface area contributed by atoms with E-state index in [4.69, 9.17) is 17.3 Å². The number of nitrogens with zero attached hydrogens (tertiary/aromatic N) is 1. The summed E-state index contributed by atoms with van der Waals surface area (Å²) in [7, 11) is 0. The molecule has 0 bridgehead atoms. The van der Waals surface area contributed by atoms with E-state index in [1.54, 1.807) is 6.07 Å². The van der Waals surface area contributed by atoms with E-state index in [9.17, 15) is 0 Å². The Morgan fingerprint density at radius 1 is 1.26 bits per heavy atom. The molecule has 19 heavy (non-hydrogen) atoms. The second-order valence-electron chi connectivity index (χ2n) is 4.44. The van der Waals surface area contributed by atoms with E-state index < -0.39 is 0 Å². The SMILES string of the molecule is Cc1cc(Br)cc2[nH]c(-c3ccc(N)cc3Cl)nc12. The van der Waals surface area contributed by atoms with E-state index in [0.29, 0.717) is 10.7 Å². The van der Waals surface area contributed by atoms with Gasteiger partial charge in [-0.1, -0.05) is 27.5 Å². The fraction of sp³-hybridized carbons (Fsp3) is 0.0714. The maximum absolute atomic E-state index is 6.21. The van der Waals surface area contributed by atoms with Crippen LogP contribution in [0.25, 0.3) is 22.4 Å². The first-order valence-electron chi connectivity index (χ1n) is 5.76. The maximum Gasteiger partial charge on any atom is 0.140 e. The Kier molecular flexibility index (Phi) is 2.99.